The average Bonchev–Trinajstić information content (AvgIpc) is 2.77. The second-order valence-electron chi connectivity index (χ2n) is 5.40. The van der Waals surface area contributed by atoms with Crippen molar-refractivity contribution in [3.63, 3.8) is 0 Å². The number of aryl methyl sites for hydroxylation is 1. The van der Waals surface area contributed by atoms with E-state index >= 15 is 0 Å². The summed E-state index contributed by atoms with van der Waals surface area (Å²) in [7, 11) is 0. The lowest BCUT2D eigenvalue weighted by Gasteiger charge is -2.20. The molecule has 5 heteroatoms. The fraction of sp³-hybridized carbons (Fsp3) is 0.467. The number of rotatable bonds is 3. The van der Waals surface area contributed by atoms with Crippen LogP contribution in [0, 0.1) is 6.92 Å². The van der Waals surface area contributed by atoms with Gasteiger partial charge in [-0.1, -0.05) is 6.07 Å². The smallest absolute Gasteiger partial charge is 0.227 e. The van der Waals surface area contributed by atoms with E-state index in [9.17, 15) is 4.79 Å². The Morgan fingerprint density at radius 2 is 2.15 bits per heavy atom. The Morgan fingerprint density at radius 3 is 2.75 bits per heavy atom. The van der Waals surface area contributed by atoms with Crippen LogP contribution in [0.25, 0.3) is 0 Å². The molecule has 4 nitrogen and oxygen atoms in total. The van der Waals surface area contributed by atoms with Gasteiger partial charge in [0.25, 0.3) is 0 Å². The Morgan fingerprint density at radius 1 is 1.40 bits per heavy atom. The summed E-state index contributed by atoms with van der Waals surface area (Å²) in [4.78, 5) is 13.7. The predicted octanol–water partition coefficient (Wildman–Crippen LogP) is 2.82. The molecule has 0 radical (unpaired) electrons. The predicted molar refractivity (Wildman–Crippen MR) is 87.3 cm³/mol. The number of benzene rings is 1. The van der Waals surface area contributed by atoms with Crippen molar-refractivity contribution < 1.29 is 4.79 Å². The highest BCUT2D eigenvalue weighted by molar-refractivity contribution is 7.80. The molecular weight excluding hydrogens is 270 g/mol. The number of anilines is 2. The minimum absolute atomic E-state index is 0.202. The lowest BCUT2D eigenvalue weighted by molar-refractivity contribution is -0.117. The van der Waals surface area contributed by atoms with Gasteiger partial charge in [0.05, 0.1) is 0 Å². The highest BCUT2D eigenvalue weighted by Crippen LogP contribution is 2.28. The van der Waals surface area contributed by atoms with Crippen molar-refractivity contribution in [3.8, 4) is 0 Å². The fourth-order valence-electron chi connectivity index (χ4n) is 2.31. The van der Waals surface area contributed by atoms with Crippen LogP contribution >= 0.6 is 12.2 Å². The Labute approximate surface area is 125 Å². The average molecular weight is 291 g/mol. The lowest BCUT2D eigenvalue weighted by atomic mass is 10.1. The van der Waals surface area contributed by atoms with Crippen LogP contribution in [0.1, 0.15) is 32.3 Å². The number of hydrogen-bond donors (Lipinski definition) is 2. The number of amides is 1. The molecule has 108 valence electrons. The van der Waals surface area contributed by atoms with Crippen molar-refractivity contribution >= 4 is 34.6 Å². The second kappa shape index (κ2) is 6.22. The van der Waals surface area contributed by atoms with Crippen molar-refractivity contribution in [2.45, 2.75) is 39.7 Å². The Hall–Kier alpha value is -1.62. The van der Waals surface area contributed by atoms with Gasteiger partial charge in [-0.25, -0.2) is 0 Å². The van der Waals surface area contributed by atoms with E-state index in [1.165, 1.54) is 0 Å². The van der Waals surface area contributed by atoms with Gasteiger partial charge in [0.15, 0.2) is 5.11 Å². The Balaban J connectivity index is 2.16. The summed E-state index contributed by atoms with van der Waals surface area (Å²) in [6.07, 6.45) is 1.58. The normalized spacial score (nSPS) is 14.8. The Kier molecular flexibility index (Phi) is 4.60. The van der Waals surface area contributed by atoms with Crippen molar-refractivity contribution in [3.05, 3.63) is 23.8 Å². The van der Waals surface area contributed by atoms with Gasteiger partial charge in [-0.15, -0.1) is 0 Å². The molecule has 0 atom stereocenters. The second-order valence-corrected chi connectivity index (χ2v) is 5.81. The van der Waals surface area contributed by atoms with E-state index in [0.29, 0.717) is 17.6 Å². The third-order valence-corrected chi connectivity index (χ3v) is 3.47. The first-order chi connectivity index (χ1) is 9.47. The molecule has 0 aliphatic carbocycles. The highest BCUT2D eigenvalue weighted by atomic mass is 32.1. The molecule has 0 unspecified atom stereocenters. The summed E-state index contributed by atoms with van der Waals surface area (Å²) in [5, 5.41) is 6.90. The van der Waals surface area contributed by atoms with E-state index in [2.05, 4.69) is 10.6 Å². The molecule has 20 heavy (non-hydrogen) atoms. The zero-order chi connectivity index (χ0) is 14.7. The summed E-state index contributed by atoms with van der Waals surface area (Å²) in [6, 6.07) is 6.28. The van der Waals surface area contributed by atoms with Crippen LogP contribution in [-0.4, -0.2) is 23.6 Å². The molecule has 1 aliphatic rings. The molecule has 0 spiro atoms. The minimum atomic E-state index is 0.202. The van der Waals surface area contributed by atoms with Gasteiger partial charge in [0.2, 0.25) is 5.91 Å². The summed E-state index contributed by atoms with van der Waals surface area (Å²) in [6.45, 7) is 6.90. The number of nitrogens with one attached hydrogen (secondary N) is 2. The lowest BCUT2D eigenvalue weighted by Crippen LogP contribution is -2.34. The third kappa shape index (κ3) is 3.48. The van der Waals surface area contributed by atoms with Gasteiger partial charge in [-0.05, 0) is 57.1 Å². The molecule has 2 rings (SSSR count). The molecule has 2 N–H and O–H groups in total. The van der Waals surface area contributed by atoms with E-state index in [4.69, 9.17) is 12.2 Å². The first kappa shape index (κ1) is 14.8. The number of carbonyl (C=O) groups excluding carboxylic acids is 1. The van der Waals surface area contributed by atoms with Crippen LogP contribution in [0.5, 0.6) is 0 Å². The number of carbonyl (C=O) groups is 1. The molecule has 1 fully saturated rings. The van der Waals surface area contributed by atoms with Crippen LogP contribution in [-0.2, 0) is 4.79 Å². The monoisotopic (exact) mass is 291 g/mol. The van der Waals surface area contributed by atoms with E-state index in [0.717, 1.165) is 29.9 Å². The highest BCUT2D eigenvalue weighted by Gasteiger charge is 2.23. The van der Waals surface area contributed by atoms with E-state index < -0.39 is 0 Å². The number of nitrogens with zero attached hydrogens (tertiary/aromatic N) is 1. The standard InChI is InChI=1S/C15H21N3OS/c1-10(2)16-15(20)17-12-7-6-11(3)13(9-12)18-8-4-5-14(18)19/h6-7,9-10H,4-5,8H2,1-3H3,(H2,16,17,20). The fourth-order valence-corrected chi connectivity index (χ4v) is 2.66. The molecule has 1 heterocycles. The molecule has 0 bridgehead atoms. The first-order valence-corrected chi connectivity index (χ1v) is 7.36. The van der Waals surface area contributed by atoms with Crippen molar-refractivity contribution in [2.75, 3.05) is 16.8 Å². The zero-order valence-electron chi connectivity index (χ0n) is 12.2. The quantitative estimate of drug-likeness (QED) is 0.841. The number of hydrogen-bond acceptors (Lipinski definition) is 2. The summed E-state index contributed by atoms with van der Waals surface area (Å²) in [5.41, 5.74) is 2.99. The van der Waals surface area contributed by atoms with E-state index in [1.807, 2.05) is 43.9 Å². The maximum Gasteiger partial charge on any atom is 0.227 e. The van der Waals surface area contributed by atoms with Gasteiger partial charge in [-0.2, -0.15) is 0 Å². The van der Waals surface area contributed by atoms with Crippen molar-refractivity contribution in [1.29, 1.82) is 0 Å². The van der Waals surface area contributed by atoms with E-state index in [-0.39, 0.29) is 5.91 Å². The summed E-state index contributed by atoms with van der Waals surface area (Å²) >= 11 is 5.24. The molecular formula is C15H21N3OS. The van der Waals surface area contributed by atoms with Gasteiger partial charge < -0.3 is 15.5 Å². The van der Waals surface area contributed by atoms with Gasteiger partial charge in [0, 0.05) is 30.4 Å². The summed E-state index contributed by atoms with van der Waals surface area (Å²) in [5.74, 6) is 0.202. The molecule has 1 amide bonds. The van der Waals surface area contributed by atoms with E-state index in [1.54, 1.807) is 0 Å². The SMILES string of the molecule is Cc1ccc(NC(=S)NC(C)C)cc1N1CCCC1=O. The maximum absolute atomic E-state index is 11.9. The van der Waals surface area contributed by atoms with Crippen LogP contribution in [0.15, 0.2) is 18.2 Å². The summed E-state index contributed by atoms with van der Waals surface area (Å²) < 4.78 is 0. The first-order valence-electron chi connectivity index (χ1n) is 6.96. The molecule has 1 saturated heterocycles. The molecule has 1 aromatic rings. The van der Waals surface area contributed by atoms with Crippen LogP contribution in [0.4, 0.5) is 11.4 Å². The largest absolute Gasteiger partial charge is 0.360 e. The van der Waals surface area contributed by atoms with Crippen LogP contribution in [0.3, 0.4) is 0 Å². The van der Waals surface area contributed by atoms with Crippen molar-refractivity contribution in [1.82, 2.24) is 5.32 Å². The third-order valence-electron chi connectivity index (χ3n) is 3.25. The molecule has 0 aromatic heterocycles. The molecule has 1 aromatic carbocycles. The van der Waals surface area contributed by atoms with Crippen LogP contribution < -0.4 is 15.5 Å². The Bertz CT molecular complexity index is 528. The zero-order valence-corrected chi connectivity index (χ0v) is 13.0. The van der Waals surface area contributed by atoms with Crippen molar-refractivity contribution in [2.24, 2.45) is 0 Å². The van der Waals surface area contributed by atoms with Gasteiger partial charge in [0.1, 0.15) is 0 Å². The molecule has 1 aliphatic heterocycles. The minimum Gasteiger partial charge on any atom is -0.360 e. The van der Waals surface area contributed by atoms with Gasteiger partial charge in [-0.3, -0.25) is 4.79 Å². The number of thiocarbonyl (C=S) groups is 1. The topological polar surface area (TPSA) is 44.4 Å². The maximum atomic E-state index is 11.9. The van der Waals surface area contributed by atoms with Crippen LogP contribution in [0.2, 0.25) is 0 Å². The molecule has 0 saturated carbocycles. The van der Waals surface area contributed by atoms with Gasteiger partial charge >= 0.3 is 0 Å².